The first-order valence-electron chi connectivity index (χ1n) is 8.70. The maximum atomic E-state index is 12.3. The SMILES string of the molecule is O=C(Nc1cccnc1)c1ccc(COc2cccc3ccccc23)cc1. The molecule has 1 N–H and O–H groups in total. The molecule has 0 aliphatic rings. The van der Waals surface area contributed by atoms with Crippen molar-refractivity contribution in [1.82, 2.24) is 4.98 Å². The zero-order valence-electron chi connectivity index (χ0n) is 14.6. The highest BCUT2D eigenvalue weighted by molar-refractivity contribution is 6.04. The second-order valence-corrected chi connectivity index (χ2v) is 6.16. The van der Waals surface area contributed by atoms with Gasteiger partial charge in [-0.3, -0.25) is 9.78 Å². The number of pyridine rings is 1. The third-order valence-corrected chi connectivity index (χ3v) is 4.28. The van der Waals surface area contributed by atoms with E-state index < -0.39 is 0 Å². The summed E-state index contributed by atoms with van der Waals surface area (Å²) in [4.78, 5) is 16.3. The fraction of sp³-hybridized carbons (Fsp3) is 0.0435. The quantitative estimate of drug-likeness (QED) is 0.545. The molecule has 0 radical (unpaired) electrons. The van der Waals surface area contributed by atoms with Gasteiger partial charge >= 0.3 is 0 Å². The topological polar surface area (TPSA) is 51.2 Å². The van der Waals surface area contributed by atoms with Gasteiger partial charge in [0, 0.05) is 17.1 Å². The fourth-order valence-electron chi connectivity index (χ4n) is 2.87. The molecule has 1 amide bonds. The average molecular weight is 354 g/mol. The van der Waals surface area contributed by atoms with Crippen LogP contribution in [0.5, 0.6) is 5.75 Å². The van der Waals surface area contributed by atoms with Crippen molar-refractivity contribution in [2.75, 3.05) is 5.32 Å². The van der Waals surface area contributed by atoms with Crippen molar-refractivity contribution in [3.05, 3.63) is 102 Å². The maximum Gasteiger partial charge on any atom is 0.255 e. The van der Waals surface area contributed by atoms with Gasteiger partial charge in [0.15, 0.2) is 0 Å². The molecular formula is C23H18N2O2. The van der Waals surface area contributed by atoms with Crippen molar-refractivity contribution in [2.24, 2.45) is 0 Å². The smallest absolute Gasteiger partial charge is 0.255 e. The standard InChI is InChI=1S/C23H18N2O2/c26-23(25-20-7-4-14-24-15-20)19-12-10-17(11-13-19)16-27-22-9-3-6-18-5-1-2-8-21(18)22/h1-15H,16H2,(H,25,26). The lowest BCUT2D eigenvalue weighted by atomic mass is 10.1. The van der Waals surface area contributed by atoms with E-state index in [9.17, 15) is 4.79 Å². The Hall–Kier alpha value is -3.66. The van der Waals surface area contributed by atoms with E-state index in [1.807, 2.05) is 36.4 Å². The molecule has 1 aromatic heterocycles. The third-order valence-electron chi connectivity index (χ3n) is 4.28. The van der Waals surface area contributed by atoms with Gasteiger partial charge in [-0.25, -0.2) is 0 Å². The maximum absolute atomic E-state index is 12.3. The molecule has 4 rings (SSSR count). The zero-order chi connectivity index (χ0) is 18.5. The van der Waals surface area contributed by atoms with Crippen molar-refractivity contribution < 1.29 is 9.53 Å². The van der Waals surface area contributed by atoms with Crippen molar-refractivity contribution in [2.45, 2.75) is 6.61 Å². The van der Waals surface area contributed by atoms with Crippen LogP contribution in [-0.4, -0.2) is 10.9 Å². The highest BCUT2D eigenvalue weighted by Gasteiger charge is 2.07. The molecule has 0 bridgehead atoms. The molecule has 27 heavy (non-hydrogen) atoms. The molecule has 3 aromatic carbocycles. The Morgan fingerprint density at radius 1 is 0.889 bits per heavy atom. The summed E-state index contributed by atoms with van der Waals surface area (Å²) in [5.74, 6) is 0.691. The lowest BCUT2D eigenvalue weighted by Gasteiger charge is -2.10. The Morgan fingerprint density at radius 2 is 1.70 bits per heavy atom. The summed E-state index contributed by atoms with van der Waals surface area (Å²) in [7, 11) is 0. The molecule has 0 aliphatic heterocycles. The minimum Gasteiger partial charge on any atom is -0.488 e. The van der Waals surface area contributed by atoms with Gasteiger partial charge in [-0.15, -0.1) is 0 Å². The number of anilines is 1. The van der Waals surface area contributed by atoms with Crippen LogP contribution < -0.4 is 10.1 Å². The predicted octanol–water partition coefficient (Wildman–Crippen LogP) is 5.07. The van der Waals surface area contributed by atoms with Crippen LogP contribution in [0.25, 0.3) is 10.8 Å². The van der Waals surface area contributed by atoms with Crippen LogP contribution in [0, 0.1) is 0 Å². The second-order valence-electron chi connectivity index (χ2n) is 6.16. The van der Waals surface area contributed by atoms with E-state index in [-0.39, 0.29) is 5.91 Å². The molecule has 0 fully saturated rings. The fourth-order valence-corrected chi connectivity index (χ4v) is 2.87. The lowest BCUT2D eigenvalue weighted by Crippen LogP contribution is -2.12. The number of hydrogen-bond donors (Lipinski definition) is 1. The molecule has 4 aromatic rings. The number of fused-ring (bicyclic) bond motifs is 1. The Balaban J connectivity index is 1.42. The first kappa shape index (κ1) is 16.8. The summed E-state index contributed by atoms with van der Waals surface area (Å²) >= 11 is 0. The first-order valence-corrected chi connectivity index (χ1v) is 8.70. The highest BCUT2D eigenvalue weighted by atomic mass is 16.5. The van der Waals surface area contributed by atoms with Gasteiger partial charge in [0.05, 0.1) is 11.9 Å². The third kappa shape index (κ3) is 3.96. The first-order chi connectivity index (χ1) is 13.3. The number of benzene rings is 3. The second kappa shape index (κ2) is 7.70. The largest absolute Gasteiger partial charge is 0.488 e. The van der Waals surface area contributed by atoms with Gasteiger partial charge in [-0.05, 0) is 41.3 Å². The molecule has 0 aliphatic carbocycles. The van der Waals surface area contributed by atoms with Crippen molar-refractivity contribution >= 4 is 22.4 Å². The molecule has 0 spiro atoms. The number of hydrogen-bond acceptors (Lipinski definition) is 3. The van der Waals surface area contributed by atoms with E-state index in [0.29, 0.717) is 17.9 Å². The monoisotopic (exact) mass is 354 g/mol. The summed E-state index contributed by atoms with van der Waals surface area (Å²) in [5.41, 5.74) is 2.26. The van der Waals surface area contributed by atoms with Gasteiger partial charge in [-0.2, -0.15) is 0 Å². The Bertz CT molecular complexity index is 1060. The number of carbonyl (C=O) groups is 1. The number of ether oxygens (including phenoxy) is 1. The summed E-state index contributed by atoms with van der Waals surface area (Å²) in [6.45, 7) is 0.443. The predicted molar refractivity (Wildman–Crippen MR) is 107 cm³/mol. The molecule has 0 saturated heterocycles. The lowest BCUT2D eigenvalue weighted by molar-refractivity contribution is 0.102. The van der Waals surface area contributed by atoms with Crippen LogP contribution in [0.15, 0.2) is 91.3 Å². The molecule has 4 nitrogen and oxygen atoms in total. The average Bonchev–Trinajstić information content (AvgIpc) is 2.73. The Morgan fingerprint density at radius 3 is 2.52 bits per heavy atom. The summed E-state index contributed by atoms with van der Waals surface area (Å²) < 4.78 is 5.99. The van der Waals surface area contributed by atoms with Crippen LogP contribution in [0.4, 0.5) is 5.69 Å². The highest BCUT2D eigenvalue weighted by Crippen LogP contribution is 2.26. The van der Waals surface area contributed by atoms with E-state index in [4.69, 9.17) is 4.74 Å². The van der Waals surface area contributed by atoms with E-state index in [0.717, 1.165) is 22.1 Å². The molecular weight excluding hydrogens is 336 g/mol. The van der Waals surface area contributed by atoms with Crippen LogP contribution in [0.1, 0.15) is 15.9 Å². The van der Waals surface area contributed by atoms with E-state index in [2.05, 4.69) is 28.5 Å². The molecule has 132 valence electrons. The number of carbonyl (C=O) groups excluding carboxylic acids is 1. The van der Waals surface area contributed by atoms with Gasteiger partial charge in [0.1, 0.15) is 12.4 Å². The number of amides is 1. The molecule has 0 saturated carbocycles. The van der Waals surface area contributed by atoms with Gasteiger partial charge < -0.3 is 10.1 Å². The molecule has 4 heteroatoms. The summed E-state index contributed by atoms with van der Waals surface area (Å²) in [6, 6.07) is 25.2. The van der Waals surface area contributed by atoms with Gasteiger partial charge in [0.25, 0.3) is 5.91 Å². The zero-order valence-corrected chi connectivity index (χ0v) is 14.6. The Kier molecular flexibility index (Phi) is 4.79. The van der Waals surface area contributed by atoms with E-state index in [1.54, 1.807) is 36.7 Å². The minimum absolute atomic E-state index is 0.162. The van der Waals surface area contributed by atoms with Crippen LogP contribution >= 0.6 is 0 Å². The van der Waals surface area contributed by atoms with Crippen LogP contribution in [-0.2, 0) is 6.61 Å². The number of aromatic nitrogens is 1. The van der Waals surface area contributed by atoms with Crippen molar-refractivity contribution in [3.8, 4) is 5.75 Å². The number of nitrogens with one attached hydrogen (secondary N) is 1. The normalized spacial score (nSPS) is 10.5. The molecule has 0 unspecified atom stereocenters. The van der Waals surface area contributed by atoms with Crippen LogP contribution in [0.3, 0.4) is 0 Å². The molecule has 0 atom stereocenters. The van der Waals surface area contributed by atoms with Gasteiger partial charge in [-0.1, -0.05) is 48.5 Å². The minimum atomic E-state index is -0.162. The number of nitrogens with zero attached hydrogens (tertiary/aromatic N) is 1. The van der Waals surface area contributed by atoms with Crippen molar-refractivity contribution in [1.29, 1.82) is 0 Å². The summed E-state index contributed by atoms with van der Waals surface area (Å²) in [6.07, 6.45) is 3.28. The van der Waals surface area contributed by atoms with Crippen LogP contribution in [0.2, 0.25) is 0 Å². The van der Waals surface area contributed by atoms with Crippen molar-refractivity contribution in [3.63, 3.8) is 0 Å². The van der Waals surface area contributed by atoms with E-state index in [1.165, 1.54) is 0 Å². The Labute approximate surface area is 157 Å². The number of rotatable bonds is 5. The van der Waals surface area contributed by atoms with Gasteiger partial charge in [0.2, 0.25) is 0 Å². The van der Waals surface area contributed by atoms with E-state index >= 15 is 0 Å². The molecule has 1 heterocycles. The summed E-state index contributed by atoms with van der Waals surface area (Å²) in [5, 5.41) is 5.06.